The maximum Gasteiger partial charge on any atom is 0.104 e. The van der Waals surface area contributed by atoms with Crippen LogP contribution in [0.5, 0.6) is 0 Å². The van der Waals surface area contributed by atoms with E-state index >= 15 is 0 Å². The molecular weight excluding hydrogens is 160 g/mol. The molecular formula is C11H20N2. The van der Waals surface area contributed by atoms with Gasteiger partial charge in [-0.15, -0.1) is 0 Å². The third kappa shape index (κ3) is 3.36. The lowest BCUT2D eigenvalue weighted by atomic mass is 9.95. The normalized spacial score (nSPS) is 23.2. The Morgan fingerprint density at radius 1 is 1.62 bits per heavy atom. The second-order valence-corrected chi connectivity index (χ2v) is 4.55. The molecule has 1 rings (SSSR count). The van der Waals surface area contributed by atoms with Gasteiger partial charge in [-0.3, -0.25) is 5.32 Å². The largest absolute Gasteiger partial charge is 0.297 e. The molecule has 2 unspecified atom stereocenters. The van der Waals surface area contributed by atoms with E-state index in [4.69, 9.17) is 5.26 Å². The Kier molecular flexibility index (Phi) is 3.33. The summed E-state index contributed by atoms with van der Waals surface area (Å²) in [5, 5.41) is 12.5. The highest BCUT2D eigenvalue weighted by Gasteiger charge is 2.33. The lowest BCUT2D eigenvalue weighted by Crippen LogP contribution is -2.46. The molecule has 0 aromatic heterocycles. The molecule has 1 aliphatic carbocycles. The molecule has 0 amide bonds. The predicted molar refractivity (Wildman–Crippen MR) is 54.2 cm³/mol. The quantitative estimate of drug-likeness (QED) is 0.705. The minimum Gasteiger partial charge on any atom is -0.297 e. The van der Waals surface area contributed by atoms with E-state index in [0.29, 0.717) is 6.04 Å². The van der Waals surface area contributed by atoms with Gasteiger partial charge in [-0.05, 0) is 32.6 Å². The fraction of sp³-hybridized carbons (Fsp3) is 0.909. The van der Waals surface area contributed by atoms with Gasteiger partial charge in [0.15, 0.2) is 0 Å². The summed E-state index contributed by atoms with van der Waals surface area (Å²) in [6.07, 6.45) is 4.74. The molecule has 0 bridgehead atoms. The lowest BCUT2D eigenvalue weighted by molar-refractivity contribution is 0.350. The first-order chi connectivity index (χ1) is 6.09. The van der Waals surface area contributed by atoms with Crippen molar-refractivity contribution in [2.45, 2.75) is 58.0 Å². The molecule has 0 aromatic carbocycles. The highest BCUT2D eigenvalue weighted by atomic mass is 15.0. The molecule has 0 aromatic rings. The standard InChI is InChI=1S/C11H20N2/c1-4-9(2)13-11(3,8-12)7-10-5-6-10/h9-10,13H,4-7H2,1-3H3. The number of nitriles is 1. The number of hydrogen-bond acceptors (Lipinski definition) is 2. The molecule has 1 fully saturated rings. The van der Waals surface area contributed by atoms with Crippen molar-refractivity contribution in [3.63, 3.8) is 0 Å². The molecule has 74 valence electrons. The van der Waals surface area contributed by atoms with Gasteiger partial charge in [-0.1, -0.05) is 19.8 Å². The summed E-state index contributed by atoms with van der Waals surface area (Å²) in [6, 6.07) is 2.85. The third-order valence-corrected chi connectivity index (χ3v) is 2.82. The Balaban J connectivity index is 2.42. The van der Waals surface area contributed by atoms with E-state index in [2.05, 4.69) is 25.2 Å². The Morgan fingerprint density at radius 2 is 2.23 bits per heavy atom. The molecule has 0 saturated heterocycles. The molecule has 2 heteroatoms. The van der Waals surface area contributed by atoms with Crippen LogP contribution in [0.3, 0.4) is 0 Å². The number of rotatable bonds is 5. The van der Waals surface area contributed by atoms with Crippen LogP contribution in [-0.4, -0.2) is 11.6 Å². The summed E-state index contributed by atoms with van der Waals surface area (Å²) in [7, 11) is 0. The Morgan fingerprint density at radius 3 is 2.62 bits per heavy atom. The average molecular weight is 180 g/mol. The SMILES string of the molecule is CCC(C)NC(C)(C#N)CC1CC1. The lowest BCUT2D eigenvalue weighted by Gasteiger charge is -2.27. The molecule has 0 heterocycles. The van der Waals surface area contributed by atoms with Crippen LogP contribution in [0.25, 0.3) is 0 Å². The minimum absolute atomic E-state index is 0.295. The maximum absolute atomic E-state index is 9.09. The summed E-state index contributed by atoms with van der Waals surface area (Å²) < 4.78 is 0. The Hall–Kier alpha value is -0.550. The smallest absolute Gasteiger partial charge is 0.104 e. The second kappa shape index (κ2) is 4.11. The van der Waals surface area contributed by atoms with Gasteiger partial charge in [-0.2, -0.15) is 5.26 Å². The van der Waals surface area contributed by atoms with E-state index in [1.165, 1.54) is 12.8 Å². The van der Waals surface area contributed by atoms with Crippen LogP contribution in [-0.2, 0) is 0 Å². The van der Waals surface area contributed by atoms with Crippen LogP contribution in [0, 0.1) is 17.2 Å². The zero-order valence-electron chi connectivity index (χ0n) is 8.93. The van der Waals surface area contributed by atoms with Gasteiger partial charge in [0.05, 0.1) is 6.07 Å². The number of nitrogens with zero attached hydrogens (tertiary/aromatic N) is 1. The van der Waals surface area contributed by atoms with Crippen LogP contribution < -0.4 is 5.32 Å². The van der Waals surface area contributed by atoms with Gasteiger partial charge in [0, 0.05) is 6.04 Å². The van der Waals surface area contributed by atoms with Crippen molar-refractivity contribution in [1.29, 1.82) is 5.26 Å². The van der Waals surface area contributed by atoms with Gasteiger partial charge < -0.3 is 0 Å². The highest BCUT2D eigenvalue weighted by molar-refractivity contribution is 5.07. The van der Waals surface area contributed by atoms with Crippen molar-refractivity contribution >= 4 is 0 Å². The zero-order valence-corrected chi connectivity index (χ0v) is 8.93. The summed E-state index contributed by atoms with van der Waals surface area (Å²) in [6.45, 7) is 6.31. The van der Waals surface area contributed by atoms with Gasteiger partial charge >= 0.3 is 0 Å². The van der Waals surface area contributed by atoms with Gasteiger partial charge in [0.25, 0.3) is 0 Å². The summed E-state index contributed by atoms with van der Waals surface area (Å²) in [5.41, 5.74) is -0.295. The summed E-state index contributed by atoms with van der Waals surface area (Å²) in [4.78, 5) is 0. The first-order valence-corrected chi connectivity index (χ1v) is 5.28. The van der Waals surface area contributed by atoms with Crippen molar-refractivity contribution in [1.82, 2.24) is 5.32 Å². The zero-order chi connectivity index (χ0) is 9.90. The van der Waals surface area contributed by atoms with Gasteiger partial charge in [0.1, 0.15) is 5.54 Å². The van der Waals surface area contributed by atoms with Crippen molar-refractivity contribution in [3.8, 4) is 6.07 Å². The Labute approximate surface area is 81.3 Å². The van der Waals surface area contributed by atoms with E-state index in [-0.39, 0.29) is 5.54 Å². The van der Waals surface area contributed by atoms with Crippen LogP contribution in [0.4, 0.5) is 0 Å². The second-order valence-electron chi connectivity index (χ2n) is 4.55. The number of hydrogen-bond donors (Lipinski definition) is 1. The van der Waals surface area contributed by atoms with Crippen LogP contribution in [0.15, 0.2) is 0 Å². The molecule has 1 N–H and O–H groups in total. The Bertz CT molecular complexity index is 203. The van der Waals surface area contributed by atoms with Crippen molar-refractivity contribution in [2.24, 2.45) is 5.92 Å². The maximum atomic E-state index is 9.09. The monoisotopic (exact) mass is 180 g/mol. The third-order valence-electron chi connectivity index (χ3n) is 2.82. The average Bonchev–Trinajstić information content (AvgIpc) is 2.88. The number of nitrogens with one attached hydrogen (secondary N) is 1. The molecule has 1 aliphatic rings. The van der Waals surface area contributed by atoms with E-state index < -0.39 is 0 Å². The first-order valence-electron chi connectivity index (χ1n) is 5.28. The molecule has 13 heavy (non-hydrogen) atoms. The summed E-state index contributed by atoms with van der Waals surface area (Å²) >= 11 is 0. The predicted octanol–water partition coefficient (Wildman–Crippen LogP) is 2.46. The van der Waals surface area contributed by atoms with Gasteiger partial charge in [0.2, 0.25) is 0 Å². The summed E-state index contributed by atoms with van der Waals surface area (Å²) in [5.74, 6) is 0.807. The van der Waals surface area contributed by atoms with E-state index in [9.17, 15) is 0 Å². The first kappa shape index (κ1) is 10.5. The van der Waals surface area contributed by atoms with Crippen LogP contribution in [0.2, 0.25) is 0 Å². The molecule has 0 aliphatic heterocycles. The van der Waals surface area contributed by atoms with E-state index in [0.717, 1.165) is 18.8 Å². The molecule has 1 saturated carbocycles. The topological polar surface area (TPSA) is 35.8 Å². The minimum atomic E-state index is -0.295. The fourth-order valence-corrected chi connectivity index (χ4v) is 1.68. The van der Waals surface area contributed by atoms with E-state index in [1.54, 1.807) is 0 Å². The van der Waals surface area contributed by atoms with Crippen molar-refractivity contribution in [2.75, 3.05) is 0 Å². The molecule has 2 nitrogen and oxygen atoms in total. The van der Waals surface area contributed by atoms with Crippen LogP contribution in [0.1, 0.15) is 46.5 Å². The van der Waals surface area contributed by atoms with E-state index in [1.807, 2.05) is 6.92 Å². The van der Waals surface area contributed by atoms with Crippen molar-refractivity contribution in [3.05, 3.63) is 0 Å². The van der Waals surface area contributed by atoms with Gasteiger partial charge in [-0.25, -0.2) is 0 Å². The molecule has 2 atom stereocenters. The van der Waals surface area contributed by atoms with Crippen molar-refractivity contribution < 1.29 is 0 Å². The molecule has 0 spiro atoms. The highest BCUT2D eigenvalue weighted by Crippen LogP contribution is 2.36. The molecule has 0 radical (unpaired) electrons. The fourth-order valence-electron chi connectivity index (χ4n) is 1.68. The van der Waals surface area contributed by atoms with Crippen LogP contribution >= 0.6 is 0 Å².